The van der Waals surface area contributed by atoms with Crippen molar-refractivity contribution in [2.75, 3.05) is 26.2 Å². The number of rotatable bonds is 4. The standard InChI is InChI=1S/C25H40N2O2/c1-6-26(7-2)23(29)21-10-9-19-18-16-27(8-3)22-15-17(28)11-13-25(22,5)20(18)12-14-24(19,21)4/h15,18-21H,6-14,16H2,1-5H3/t18-,19-,20+,21?,24-,25+/m0/s1. The van der Waals surface area contributed by atoms with Crippen LogP contribution in [-0.4, -0.2) is 47.7 Å². The van der Waals surface area contributed by atoms with E-state index in [0.717, 1.165) is 39.0 Å². The molecule has 162 valence electrons. The van der Waals surface area contributed by atoms with Crippen LogP contribution < -0.4 is 0 Å². The molecule has 1 aliphatic heterocycles. The Kier molecular flexibility index (Phi) is 5.36. The topological polar surface area (TPSA) is 40.6 Å². The van der Waals surface area contributed by atoms with E-state index in [1.807, 2.05) is 6.08 Å². The summed E-state index contributed by atoms with van der Waals surface area (Å²) in [5, 5.41) is 0. The molecular formula is C25H40N2O2. The number of ketones is 1. The first-order valence-electron chi connectivity index (χ1n) is 12.1. The highest BCUT2D eigenvalue weighted by Gasteiger charge is 2.61. The normalized spacial score (nSPS) is 41.3. The maximum absolute atomic E-state index is 13.3. The van der Waals surface area contributed by atoms with Crippen LogP contribution in [0.1, 0.15) is 73.1 Å². The fraction of sp³-hybridized carbons (Fsp3) is 0.840. The fourth-order valence-corrected chi connectivity index (χ4v) is 7.88. The van der Waals surface area contributed by atoms with E-state index in [-0.39, 0.29) is 16.7 Å². The van der Waals surface area contributed by atoms with E-state index < -0.39 is 0 Å². The summed E-state index contributed by atoms with van der Waals surface area (Å²) in [6.07, 6.45) is 8.30. The van der Waals surface area contributed by atoms with Gasteiger partial charge in [0.25, 0.3) is 0 Å². The number of carbonyl (C=O) groups is 2. The van der Waals surface area contributed by atoms with Gasteiger partial charge in [-0.1, -0.05) is 13.8 Å². The highest BCUT2D eigenvalue weighted by molar-refractivity contribution is 5.91. The molecule has 0 radical (unpaired) electrons. The van der Waals surface area contributed by atoms with Gasteiger partial charge in [-0.2, -0.15) is 0 Å². The molecule has 4 nitrogen and oxygen atoms in total. The molecule has 0 N–H and O–H groups in total. The highest BCUT2D eigenvalue weighted by atomic mass is 16.2. The number of allylic oxidation sites excluding steroid dienone is 2. The zero-order chi connectivity index (χ0) is 21.0. The van der Waals surface area contributed by atoms with Gasteiger partial charge in [-0.3, -0.25) is 9.59 Å². The van der Waals surface area contributed by atoms with Gasteiger partial charge in [0.05, 0.1) is 0 Å². The van der Waals surface area contributed by atoms with Crippen LogP contribution in [0, 0.1) is 34.5 Å². The summed E-state index contributed by atoms with van der Waals surface area (Å²) in [5.74, 6) is 2.85. The maximum Gasteiger partial charge on any atom is 0.226 e. The molecule has 4 rings (SSSR count). The van der Waals surface area contributed by atoms with Gasteiger partial charge in [-0.25, -0.2) is 0 Å². The molecule has 4 aliphatic rings. The largest absolute Gasteiger partial charge is 0.374 e. The molecule has 3 aliphatic carbocycles. The molecule has 4 heteroatoms. The highest BCUT2D eigenvalue weighted by Crippen LogP contribution is 2.65. The van der Waals surface area contributed by atoms with E-state index in [4.69, 9.17) is 0 Å². The summed E-state index contributed by atoms with van der Waals surface area (Å²) < 4.78 is 0. The minimum Gasteiger partial charge on any atom is -0.374 e. The molecule has 1 amide bonds. The third-order valence-corrected chi connectivity index (χ3v) is 9.56. The molecule has 0 spiro atoms. The van der Waals surface area contributed by atoms with Crippen LogP contribution in [-0.2, 0) is 9.59 Å². The van der Waals surface area contributed by atoms with Gasteiger partial charge >= 0.3 is 0 Å². The molecule has 0 aromatic rings. The molecule has 6 atom stereocenters. The van der Waals surface area contributed by atoms with E-state index in [1.165, 1.54) is 25.0 Å². The molecule has 3 fully saturated rings. The van der Waals surface area contributed by atoms with Crippen molar-refractivity contribution in [1.82, 2.24) is 9.80 Å². The Labute approximate surface area is 177 Å². The number of nitrogens with zero attached hydrogens (tertiary/aromatic N) is 2. The van der Waals surface area contributed by atoms with Gasteiger partial charge in [0.15, 0.2) is 5.78 Å². The Morgan fingerprint density at radius 2 is 1.83 bits per heavy atom. The fourth-order valence-electron chi connectivity index (χ4n) is 7.88. The van der Waals surface area contributed by atoms with Crippen molar-refractivity contribution in [3.63, 3.8) is 0 Å². The lowest BCUT2D eigenvalue weighted by atomic mass is 9.49. The van der Waals surface area contributed by atoms with Gasteiger partial charge in [0.2, 0.25) is 5.91 Å². The summed E-state index contributed by atoms with van der Waals surface area (Å²) in [7, 11) is 0. The number of hydrogen-bond acceptors (Lipinski definition) is 3. The molecule has 0 bridgehead atoms. The average molecular weight is 401 g/mol. The van der Waals surface area contributed by atoms with Crippen LogP contribution in [0.25, 0.3) is 0 Å². The van der Waals surface area contributed by atoms with Crippen molar-refractivity contribution < 1.29 is 9.59 Å². The van der Waals surface area contributed by atoms with E-state index in [2.05, 4.69) is 44.4 Å². The van der Waals surface area contributed by atoms with Crippen LogP contribution in [0.2, 0.25) is 0 Å². The zero-order valence-electron chi connectivity index (χ0n) is 19.2. The number of amides is 1. The molecule has 0 aromatic carbocycles. The Bertz CT molecular complexity index is 712. The molecule has 1 saturated heterocycles. The van der Waals surface area contributed by atoms with Crippen molar-refractivity contribution in [3.8, 4) is 0 Å². The van der Waals surface area contributed by atoms with Gasteiger partial charge in [-0.15, -0.1) is 0 Å². The summed E-state index contributed by atoms with van der Waals surface area (Å²) in [6, 6.07) is 0. The van der Waals surface area contributed by atoms with Gasteiger partial charge < -0.3 is 9.80 Å². The van der Waals surface area contributed by atoms with Gasteiger partial charge in [0.1, 0.15) is 0 Å². The first-order valence-corrected chi connectivity index (χ1v) is 12.1. The van der Waals surface area contributed by atoms with E-state index in [1.54, 1.807) is 0 Å². The lowest BCUT2D eigenvalue weighted by Crippen LogP contribution is -2.58. The number of carbonyl (C=O) groups excluding carboxylic acids is 2. The number of fused-ring (bicyclic) bond motifs is 5. The minimum atomic E-state index is 0.134. The van der Waals surface area contributed by atoms with Crippen LogP contribution in [0.3, 0.4) is 0 Å². The molecule has 29 heavy (non-hydrogen) atoms. The quantitative estimate of drug-likeness (QED) is 0.697. The summed E-state index contributed by atoms with van der Waals surface area (Å²) in [6.45, 7) is 15.0. The van der Waals surface area contributed by atoms with Gasteiger partial charge in [0, 0.05) is 55.7 Å². The van der Waals surface area contributed by atoms with Crippen molar-refractivity contribution in [2.45, 2.75) is 73.1 Å². The third-order valence-electron chi connectivity index (χ3n) is 9.56. The SMILES string of the molecule is CCN(CC)C(=O)C1CC[C@H]2[C@@H]3CN(CC)C4=CC(=O)CC[C@]4(C)[C@@H]3CC[C@]12C. The van der Waals surface area contributed by atoms with Crippen molar-refractivity contribution in [2.24, 2.45) is 34.5 Å². The van der Waals surface area contributed by atoms with Crippen molar-refractivity contribution in [3.05, 3.63) is 11.8 Å². The second kappa shape index (κ2) is 7.42. The molecular weight excluding hydrogens is 360 g/mol. The Morgan fingerprint density at radius 1 is 1.10 bits per heavy atom. The number of likely N-dealkylation sites (tertiary alicyclic amines) is 1. The van der Waals surface area contributed by atoms with Crippen molar-refractivity contribution in [1.29, 1.82) is 0 Å². The first kappa shape index (κ1) is 20.9. The van der Waals surface area contributed by atoms with E-state index in [9.17, 15) is 9.59 Å². The summed E-state index contributed by atoms with van der Waals surface area (Å²) in [4.78, 5) is 30.1. The lowest BCUT2D eigenvalue weighted by Gasteiger charge is -2.60. The summed E-state index contributed by atoms with van der Waals surface area (Å²) >= 11 is 0. The zero-order valence-corrected chi connectivity index (χ0v) is 19.2. The molecule has 2 saturated carbocycles. The molecule has 0 aromatic heterocycles. The first-order chi connectivity index (χ1) is 13.8. The predicted octanol–water partition coefficient (Wildman–Crippen LogP) is 4.50. The van der Waals surface area contributed by atoms with Crippen LogP contribution >= 0.6 is 0 Å². The third kappa shape index (κ3) is 2.99. The second-order valence-electron chi connectivity index (χ2n) is 10.5. The number of piperidine rings is 1. The Hall–Kier alpha value is -1.32. The lowest BCUT2D eigenvalue weighted by molar-refractivity contribution is -0.143. The molecule has 1 unspecified atom stereocenters. The predicted molar refractivity (Wildman–Crippen MR) is 116 cm³/mol. The van der Waals surface area contributed by atoms with Crippen LogP contribution in [0.4, 0.5) is 0 Å². The van der Waals surface area contributed by atoms with Crippen molar-refractivity contribution >= 4 is 11.7 Å². The second-order valence-corrected chi connectivity index (χ2v) is 10.5. The monoisotopic (exact) mass is 400 g/mol. The van der Waals surface area contributed by atoms with Gasteiger partial charge in [-0.05, 0) is 76.0 Å². The Morgan fingerprint density at radius 3 is 2.48 bits per heavy atom. The van der Waals surface area contributed by atoms with E-state index in [0.29, 0.717) is 35.9 Å². The average Bonchev–Trinajstić information content (AvgIpc) is 3.06. The minimum absolute atomic E-state index is 0.134. The van der Waals surface area contributed by atoms with Crippen LogP contribution in [0.5, 0.6) is 0 Å². The number of hydrogen-bond donors (Lipinski definition) is 0. The Balaban J connectivity index is 1.65. The smallest absolute Gasteiger partial charge is 0.226 e. The molecule has 1 heterocycles. The van der Waals surface area contributed by atoms with Crippen LogP contribution in [0.15, 0.2) is 11.8 Å². The van der Waals surface area contributed by atoms with E-state index >= 15 is 0 Å². The summed E-state index contributed by atoms with van der Waals surface area (Å²) in [5.41, 5.74) is 1.59. The maximum atomic E-state index is 13.3.